The molecule has 25 heavy (non-hydrogen) atoms. The summed E-state index contributed by atoms with van der Waals surface area (Å²) in [5.41, 5.74) is 0.993. The van der Waals surface area contributed by atoms with Gasteiger partial charge in [-0.2, -0.15) is 0 Å². The van der Waals surface area contributed by atoms with Crippen molar-refractivity contribution in [3.8, 4) is 5.75 Å². The van der Waals surface area contributed by atoms with Crippen LogP contribution in [-0.2, 0) is 0 Å². The third kappa shape index (κ3) is 5.24. The molecule has 0 aliphatic rings. The molecule has 3 N–H and O–H groups in total. The van der Waals surface area contributed by atoms with Crippen molar-refractivity contribution in [2.24, 2.45) is 0 Å². The number of amides is 3. The molecule has 0 radical (unpaired) electrons. The van der Waals surface area contributed by atoms with Crippen molar-refractivity contribution in [1.29, 1.82) is 0 Å². The first-order valence-corrected chi connectivity index (χ1v) is 7.93. The summed E-state index contributed by atoms with van der Waals surface area (Å²) in [6.45, 7) is 5.69. The highest BCUT2D eigenvalue weighted by molar-refractivity contribution is 6.07. The van der Waals surface area contributed by atoms with Crippen LogP contribution in [0.15, 0.2) is 48.5 Å². The quantitative estimate of drug-likeness (QED) is 0.790. The highest BCUT2D eigenvalue weighted by atomic mass is 16.5. The maximum absolute atomic E-state index is 12.4. The lowest BCUT2D eigenvalue weighted by atomic mass is 10.1. The zero-order valence-corrected chi connectivity index (χ0v) is 14.8. The maximum Gasteiger partial charge on any atom is 0.323 e. The van der Waals surface area contributed by atoms with Crippen molar-refractivity contribution < 1.29 is 14.3 Å². The molecule has 132 valence electrons. The molecule has 0 spiro atoms. The number of hydrogen-bond acceptors (Lipinski definition) is 3. The Bertz CT molecular complexity index is 767. The first-order chi connectivity index (χ1) is 11.8. The van der Waals surface area contributed by atoms with Gasteiger partial charge in [-0.1, -0.05) is 24.3 Å². The van der Waals surface area contributed by atoms with E-state index in [1.54, 1.807) is 42.5 Å². The number of para-hydroxylation sites is 3. The molecule has 2 rings (SSSR count). The number of ether oxygens (including phenoxy) is 1. The third-order valence-electron chi connectivity index (χ3n) is 3.26. The molecule has 0 aliphatic carbocycles. The molecule has 6 heteroatoms. The van der Waals surface area contributed by atoms with Crippen LogP contribution in [0.5, 0.6) is 5.75 Å². The average molecular weight is 341 g/mol. The van der Waals surface area contributed by atoms with Gasteiger partial charge < -0.3 is 20.7 Å². The van der Waals surface area contributed by atoms with E-state index in [0.29, 0.717) is 22.7 Å². The number of urea groups is 1. The molecule has 3 amide bonds. The van der Waals surface area contributed by atoms with Crippen LogP contribution in [0.1, 0.15) is 31.1 Å². The second-order valence-corrected chi connectivity index (χ2v) is 6.53. The van der Waals surface area contributed by atoms with E-state index in [1.807, 2.05) is 26.8 Å². The van der Waals surface area contributed by atoms with Crippen LogP contribution in [0.2, 0.25) is 0 Å². The molecule has 0 unspecified atom stereocenters. The summed E-state index contributed by atoms with van der Waals surface area (Å²) in [7, 11) is 1.53. The van der Waals surface area contributed by atoms with Crippen molar-refractivity contribution in [2.75, 3.05) is 17.7 Å². The Balaban J connectivity index is 2.15. The highest BCUT2D eigenvalue weighted by Gasteiger charge is 2.18. The minimum absolute atomic E-state index is 0.249. The topological polar surface area (TPSA) is 79.5 Å². The Labute approximate surface area is 147 Å². The van der Waals surface area contributed by atoms with Crippen LogP contribution in [0.4, 0.5) is 16.2 Å². The Morgan fingerprint density at radius 2 is 1.44 bits per heavy atom. The Kier molecular flexibility index (Phi) is 5.64. The zero-order valence-electron chi connectivity index (χ0n) is 14.8. The summed E-state index contributed by atoms with van der Waals surface area (Å²) in [6.07, 6.45) is 0. The Morgan fingerprint density at radius 3 is 2.08 bits per heavy atom. The van der Waals surface area contributed by atoms with Crippen LogP contribution < -0.4 is 20.7 Å². The molecule has 0 bridgehead atoms. The second-order valence-electron chi connectivity index (χ2n) is 6.53. The van der Waals surface area contributed by atoms with Gasteiger partial charge in [-0.25, -0.2) is 4.79 Å². The van der Waals surface area contributed by atoms with Gasteiger partial charge in [0, 0.05) is 5.54 Å². The standard InChI is InChI=1S/C19H23N3O3/c1-19(2,3)22-17(23)13-9-5-6-10-14(13)20-18(24)21-15-11-7-8-12-16(15)25-4/h5-12H,1-4H3,(H,22,23)(H2,20,21,24). The second kappa shape index (κ2) is 7.70. The van der Waals surface area contributed by atoms with Crippen LogP contribution >= 0.6 is 0 Å². The smallest absolute Gasteiger partial charge is 0.323 e. The van der Waals surface area contributed by atoms with Gasteiger partial charge in [0.25, 0.3) is 5.91 Å². The summed E-state index contributed by atoms with van der Waals surface area (Å²) in [5.74, 6) is 0.303. The molecular weight excluding hydrogens is 318 g/mol. The fourth-order valence-electron chi connectivity index (χ4n) is 2.22. The van der Waals surface area contributed by atoms with E-state index < -0.39 is 6.03 Å². The van der Waals surface area contributed by atoms with Crippen molar-refractivity contribution in [2.45, 2.75) is 26.3 Å². The van der Waals surface area contributed by atoms with Crippen molar-refractivity contribution >= 4 is 23.3 Å². The summed E-state index contributed by atoms with van der Waals surface area (Å²) >= 11 is 0. The van der Waals surface area contributed by atoms with Crippen molar-refractivity contribution in [3.05, 3.63) is 54.1 Å². The molecule has 0 heterocycles. The highest BCUT2D eigenvalue weighted by Crippen LogP contribution is 2.23. The number of nitrogens with one attached hydrogen (secondary N) is 3. The van der Waals surface area contributed by atoms with Crippen molar-refractivity contribution in [3.63, 3.8) is 0 Å². The number of benzene rings is 2. The predicted octanol–water partition coefficient (Wildman–Crippen LogP) is 3.87. The summed E-state index contributed by atoms with van der Waals surface area (Å²) < 4.78 is 5.21. The largest absolute Gasteiger partial charge is 0.495 e. The molecule has 0 fully saturated rings. The number of carbonyl (C=O) groups is 2. The first-order valence-electron chi connectivity index (χ1n) is 7.93. The maximum atomic E-state index is 12.4. The Hall–Kier alpha value is -3.02. The fourth-order valence-corrected chi connectivity index (χ4v) is 2.22. The van der Waals surface area contributed by atoms with Crippen LogP contribution in [-0.4, -0.2) is 24.6 Å². The minimum Gasteiger partial charge on any atom is -0.495 e. The van der Waals surface area contributed by atoms with Gasteiger partial charge in [0.1, 0.15) is 5.75 Å². The zero-order chi connectivity index (χ0) is 18.4. The molecular formula is C19H23N3O3. The van der Waals surface area contributed by atoms with E-state index in [-0.39, 0.29) is 11.4 Å². The molecule has 0 aliphatic heterocycles. The number of hydrogen-bond donors (Lipinski definition) is 3. The lowest BCUT2D eigenvalue weighted by Gasteiger charge is -2.21. The van der Waals surface area contributed by atoms with Gasteiger partial charge in [0.2, 0.25) is 0 Å². The minimum atomic E-state index is -0.458. The van der Waals surface area contributed by atoms with Crippen LogP contribution in [0, 0.1) is 0 Å². The molecule has 0 saturated heterocycles. The van der Waals surface area contributed by atoms with Crippen LogP contribution in [0.25, 0.3) is 0 Å². The van der Waals surface area contributed by atoms with Gasteiger partial charge >= 0.3 is 6.03 Å². The average Bonchev–Trinajstić information content (AvgIpc) is 2.54. The van der Waals surface area contributed by atoms with Crippen LogP contribution in [0.3, 0.4) is 0 Å². The molecule has 2 aromatic carbocycles. The number of carbonyl (C=O) groups excluding carboxylic acids is 2. The van der Waals surface area contributed by atoms with E-state index in [4.69, 9.17) is 4.74 Å². The molecule has 0 saturated carbocycles. The number of rotatable bonds is 4. The molecule has 6 nitrogen and oxygen atoms in total. The molecule has 0 aromatic heterocycles. The summed E-state index contributed by atoms with van der Waals surface area (Å²) in [6, 6.07) is 13.5. The van der Waals surface area contributed by atoms with Gasteiger partial charge in [0.05, 0.1) is 24.0 Å². The molecule has 0 atom stereocenters. The summed E-state index contributed by atoms with van der Waals surface area (Å²) in [5, 5.41) is 8.31. The number of anilines is 2. The lowest BCUT2D eigenvalue weighted by Crippen LogP contribution is -2.41. The third-order valence-corrected chi connectivity index (χ3v) is 3.26. The fraction of sp³-hybridized carbons (Fsp3) is 0.263. The van der Waals surface area contributed by atoms with E-state index >= 15 is 0 Å². The van der Waals surface area contributed by atoms with Crippen molar-refractivity contribution in [1.82, 2.24) is 5.32 Å². The predicted molar refractivity (Wildman–Crippen MR) is 99.3 cm³/mol. The normalized spacial score (nSPS) is 10.7. The summed E-state index contributed by atoms with van der Waals surface area (Å²) in [4.78, 5) is 24.7. The van der Waals surface area contributed by atoms with E-state index in [0.717, 1.165) is 0 Å². The Morgan fingerprint density at radius 1 is 0.880 bits per heavy atom. The van der Waals surface area contributed by atoms with Gasteiger partial charge in [-0.05, 0) is 45.0 Å². The van der Waals surface area contributed by atoms with Gasteiger partial charge in [-0.15, -0.1) is 0 Å². The van der Waals surface area contributed by atoms with Gasteiger partial charge in [-0.3, -0.25) is 4.79 Å². The SMILES string of the molecule is COc1ccccc1NC(=O)Nc1ccccc1C(=O)NC(C)(C)C. The molecule has 2 aromatic rings. The monoisotopic (exact) mass is 341 g/mol. The first kappa shape index (κ1) is 18.3. The van der Waals surface area contributed by atoms with E-state index in [1.165, 1.54) is 7.11 Å². The van der Waals surface area contributed by atoms with Gasteiger partial charge in [0.15, 0.2) is 0 Å². The van der Waals surface area contributed by atoms with E-state index in [9.17, 15) is 9.59 Å². The number of methoxy groups -OCH3 is 1. The van der Waals surface area contributed by atoms with E-state index in [2.05, 4.69) is 16.0 Å². The lowest BCUT2D eigenvalue weighted by molar-refractivity contribution is 0.0920.